The number of hydrogen-bond donors (Lipinski definition) is 0. The fourth-order valence-corrected chi connectivity index (χ4v) is 11.0. The molecule has 0 bridgehead atoms. The summed E-state index contributed by atoms with van der Waals surface area (Å²) >= 11 is 0. The van der Waals surface area contributed by atoms with Crippen molar-refractivity contribution in [2.75, 3.05) is 0 Å². The Morgan fingerprint density at radius 2 is 0.461 bits per heavy atom. The fourth-order valence-electron chi connectivity index (χ4n) is 11.0. The lowest BCUT2D eigenvalue weighted by molar-refractivity contribution is 0.522. The average Bonchev–Trinajstić information content (AvgIpc) is 3.44. The van der Waals surface area contributed by atoms with E-state index in [1.807, 2.05) is 0 Å². The summed E-state index contributed by atoms with van der Waals surface area (Å²) in [7, 11) is 0. The van der Waals surface area contributed by atoms with Gasteiger partial charge in [-0.3, -0.25) is 9.98 Å². The number of nitrogens with zero attached hydrogens (tertiary/aromatic N) is 2. The summed E-state index contributed by atoms with van der Waals surface area (Å²) in [5, 5.41) is 0. The van der Waals surface area contributed by atoms with E-state index in [1.54, 1.807) is 0 Å². The monoisotopic (exact) mass is 1050 g/mol. The molecular formula is C74H128N2. The van der Waals surface area contributed by atoms with Crippen molar-refractivity contribution in [1.82, 2.24) is 0 Å². The molecule has 0 heterocycles. The van der Waals surface area contributed by atoms with Crippen molar-refractivity contribution >= 4 is 22.8 Å². The summed E-state index contributed by atoms with van der Waals surface area (Å²) in [5.74, 6) is 0. The lowest BCUT2D eigenvalue weighted by Gasteiger charge is -2.11. The summed E-state index contributed by atoms with van der Waals surface area (Å²) in [5.41, 5.74) is 7.26. The maximum Gasteiger partial charge on any atom is 0.0633 e. The van der Waals surface area contributed by atoms with E-state index in [4.69, 9.17) is 9.98 Å². The maximum atomic E-state index is 5.28. The van der Waals surface area contributed by atoms with Gasteiger partial charge < -0.3 is 0 Å². The number of rotatable bonds is 57. The Kier molecular flexibility index (Phi) is 50.7. The molecule has 0 N–H and O–H groups in total. The van der Waals surface area contributed by atoms with Crippen LogP contribution in [0.2, 0.25) is 0 Å². The van der Waals surface area contributed by atoms with E-state index in [0.29, 0.717) is 0 Å². The Bertz CT molecular complexity index is 1490. The highest BCUT2D eigenvalue weighted by molar-refractivity contribution is 6.43. The molecule has 2 heteroatoms. The standard InChI is InChI=1S/C74H128N2/c1-5-9-13-15-17-19-21-23-25-27-29-31-33-35-37-39-41-43-45-47-49-51-53-55-57-69-61-65-71(66-62-69)75-73(59-11-7-3)74(60-12-8-4)76-72-67-63-70(64-68-72)58-56-54-52-50-48-46-44-42-40-38-36-34-32-30-28-26-24-22-20-18-16-14-10-6-2/h51-54,61-68H,5-50,55-60H2,1-4H3/b53-51+,54-52+,75-73?,76-74?. The van der Waals surface area contributed by atoms with Crippen molar-refractivity contribution < 1.29 is 0 Å². The van der Waals surface area contributed by atoms with Crippen LogP contribution in [0.4, 0.5) is 11.4 Å². The van der Waals surface area contributed by atoms with Crippen LogP contribution in [-0.2, 0) is 12.8 Å². The summed E-state index contributed by atoms with van der Waals surface area (Å²) < 4.78 is 0. The van der Waals surface area contributed by atoms with Gasteiger partial charge in [-0.1, -0.05) is 333 Å². The first-order valence-electron chi connectivity index (χ1n) is 34.3. The molecule has 2 aromatic carbocycles. The molecule has 0 radical (unpaired) electrons. The number of hydrogen-bond acceptors (Lipinski definition) is 2. The van der Waals surface area contributed by atoms with Crippen LogP contribution in [-0.4, -0.2) is 11.4 Å². The first-order chi connectivity index (χ1) is 37.7. The summed E-state index contributed by atoms with van der Waals surface area (Å²) in [6.07, 6.45) is 80.9. The fraction of sp³-hybridized carbons (Fsp3) is 0.757. The van der Waals surface area contributed by atoms with Crippen molar-refractivity contribution in [1.29, 1.82) is 0 Å². The molecule has 0 aromatic heterocycles. The van der Waals surface area contributed by atoms with Crippen molar-refractivity contribution in [3.05, 3.63) is 84.0 Å². The van der Waals surface area contributed by atoms with Gasteiger partial charge in [-0.25, -0.2) is 0 Å². The normalized spacial score (nSPS) is 12.4. The predicted octanol–water partition coefficient (Wildman–Crippen LogP) is 26.3. The molecule has 2 rings (SSSR count). The van der Waals surface area contributed by atoms with Crippen LogP contribution >= 0.6 is 0 Å². The lowest BCUT2D eigenvalue weighted by atomic mass is 10.0. The molecule has 2 nitrogen and oxygen atoms in total. The van der Waals surface area contributed by atoms with Crippen LogP contribution < -0.4 is 0 Å². The van der Waals surface area contributed by atoms with Crippen LogP contribution in [0.15, 0.2) is 82.8 Å². The Labute approximate surface area is 476 Å². The van der Waals surface area contributed by atoms with Gasteiger partial charge in [0.2, 0.25) is 0 Å². The minimum atomic E-state index is 0.981. The van der Waals surface area contributed by atoms with Gasteiger partial charge in [-0.2, -0.15) is 0 Å². The van der Waals surface area contributed by atoms with Crippen molar-refractivity contribution in [3.8, 4) is 0 Å². The van der Waals surface area contributed by atoms with Crippen molar-refractivity contribution in [2.24, 2.45) is 9.98 Å². The SMILES string of the molecule is CCCCCCCCCCCCCCCCCCCCCC/C=C/CCc1ccc(N=C(CCCC)C(CCCC)=Nc2ccc(CC/C=C/CCCCCCCCCCCCCCCCCCCCCC)cc2)cc1. The van der Waals surface area contributed by atoms with Gasteiger partial charge in [0.05, 0.1) is 22.8 Å². The van der Waals surface area contributed by atoms with Gasteiger partial charge in [0.25, 0.3) is 0 Å². The molecule has 0 saturated heterocycles. The third kappa shape index (κ3) is 44.2. The van der Waals surface area contributed by atoms with E-state index < -0.39 is 0 Å². The molecule has 0 atom stereocenters. The smallest absolute Gasteiger partial charge is 0.0633 e. The molecule has 0 spiro atoms. The first-order valence-corrected chi connectivity index (χ1v) is 34.3. The van der Waals surface area contributed by atoms with E-state index in [1.165, 1.54) is 292 Å². The van der Waals surface area contributed by atoms with Crippen LogP contribution in [0.25, 0.3) is 0 Å². The van der Waals surface area contributed by atoms with E-state index in [9.17, 15) is 0 Å². The summed E-state index contributed by atoms with van der Waals surface area (Å²) in [6.45, 7) is 9.18. The molecule has 0 fully saturated rings. The van der Waals surface area contributed by atoms with Crippen molar-refractivity contribution in [2.45, 2.75) is 362 Å². The van der Waals surface area contributed by atoms with Crippen LogP contribution in [0.3, 0.4) is 0 Å². The van der Waals surface area contributed by atoms with Gasteiger partial charge >= 0.3 is 0 Å². The van der Waals surface area contributed by atoms with E-state index in [0.717, 1.165) is 75.6 Å². The number of unbranched alkanes of at least 4 members (excludes halogenated alkanes) is 42. The Hall–Kier alpha value is -2.74. The molecule has 0 aliphatic rings. The van der Waals surface area contributed by atoms with Crippen LogP contribution in [0.5, 0.6) is 0 Å². The average molecular weight is 1050 g/mol. The minimum Gasteiger partial charge on any atom is -0.252 e. The van der Waals surface area contributed by atoms with Gasteiger partial charge in [0.15, 0.2) is 0 Å². The summed E-state index contributed by atoms with van der Waals surface area (Å²) in [4.78, 5) is 10.6. The largest absolute Gasteiger partial charge is 0.252 e. The third-order valence-corrected chi connectivity index (χ3v) is 16.2. The predicted molar refractivity (Wildman–Crippen MR) is 346 cm³/mol. The number of aliphatic imine (C=N–C) groups is 2. The Balaban J connectivity index is 1.57. The quantitative estimate of drug-likeness (QED) is 0.0358. The maximum absolute atomic E-state index is 5.28. The molecule has 0 saturated carbocycles. The highest BCUT2D eigenvalue weighted by atomic mass is 14.8. The highest BCUT2D eigenvalue weighted by Crippen LogP contribution is 2.23. The van der Waals surface area contributed by atoms with Gasteiger partial charge in [-0.05, 0) is 112 Å². The van der Waals surface area contributed by atoms with E-state index in [-0.39, 0.29) is 0 Å². The van der Waals surface area contributed by atoms with Crippen molar-refractivity contribution in [3.63, 3.8) is 0 Å². The Morgan fingerprint density at radius 1 is 0.250 bits per heavy atom. The topological polar surface area (TPSA) is 24.7 Å². The molecular weight excluding hydrogens is 917 g/mol. The van der Waals surface area contributed by atoms with Crippen LogP contribution in [0.1, 0.15) is 360 Å². The van der Waals surface area contributed by atoms with Gasteiger partial charge in [-0.15, -0.1) is 0 Å². The van der Waals surface area contributed by atoms with E-state index >= 15 is 0 Å². The second-order valence-electron chi connectivity index (χ2n) is 23.7. The number of benzene rings is 2. The molecule has 0 unspecified atom stereocenters. The minimum absolute atomic E-state index is 0.981. The second-order valence-corrected chi connectivity index (χ2v) is 23.7. The summed E-state index contributed by atoms with van der Waals surface area (Å²) in [6, 6.07) is 18.1. The van der Waals surface area contributed by atoms with Gasteiger partial charge in [0, 0.05) is 0 Å². The van der Waals surface area contributed by atoms with Gasteiger partial charge in [0.1, 0.15) is 0 Å². The van der Waals surface area contributed by atoms with Crippen LogP contribution in [0, 0.1) is 0 Å². The number of allylic oxidation sites excluding steroid dienone is 4. The second kappa shape index (κ2) is 55.6. The number of aryl methyl sites for hydroxylation is 2. The zero-order valence-corrected chi connectivity index (χ0v) is 51.6. The molecule has 0 amide bonds. The lowest BCUT2D eigenvalue weighted by Crippen LogP contribution is -2.14. The molecule has 2 aromatic rings. The Morgan fingerprint density at radius 3 is 0.697 bits per heavy atom. The van der Waals surface area contributed by atoms with E-state index in [2.05, 4.69) is 101 Å². The zero-order chi connectivity index (χ0) is 54.1. The molecule has 0 aliphatic heterocycles. The zero-order valence-electron chi connectivity index (χ0n) is 51.6. The molecule has 434 valence electrons. The highest BCUT2D eigenvalue weighted by Gasteiger charge is 2.11. The molecule has 76 heavy (non-hydrogen) atoms. The third-order valence-electron chi connectivity index (χ3n) is 16.2. The first kappa shape index (κ1) is 69.4. The molecule has 0 aliphatic carbocycles.